The number of halogens is 1. The van der Waals surface area contributed by atoms with Crippen molar-refractivity contribution in [3.63, 3.8) is 0 Å². The predicted molar refractivity (Wildman–Crippen MR) is 92.5 cm³/mol. The van der Waals surface area contributed by atoms with Crippen molar-refractivity contribution < 1.29 is 9.47 Å². The van der Waals surface area contributed by atoms with Crippen LogP contribution in [0, 0.1) is 5.92 Å². The monoisotopic (exact) mass is 396 g/mol. The smallest absolute Gasteiger partial charge is 0.209 e. The van der Waals surface area contributed by atoms with Crippen LogP contribution in [0.4, 0.5) is 0 Å². The van der Waals surface area contributed by atoms with Crippen molar-refractivity contribution in [1.29, 1.82) is 0 Å². The van der Waals surface area contributed by atoms with Crippen LogP contribution in [-0.4, -0.2) is 50.2 Å². The maximum atomic E-state index is 5.47. The van der Waals surface area contributed by atoms with Crippen LogP contribution in [0.15, 0.2) is 9.98 Å². The Morgan fingerprint density at radius 2 is 1.74 bits per heavy atom. The zero-order valence-electron chi connectivity index (χ0n) is 12.7. The number of hydrogen-bond donors (Lipinski definition) is 0. The molecule has 1 aliphatic heterocycles. The van der Waals surface area contributed by atoms with E-state index in [1.807, 2.05) is 0 Å². The van der Waals surface area contributed by atoms with E-state index in [-0.39, 0.29) is 12.1 Å². The van der Waals surface area contributed by atoms with Crippen LogP contribution in [0.25, 0.3) is 0 Å². The summed E-state index contributed by atoms with van der Waals surface area (Å²) in [4.78, 5) is 9.47. The van der Waals surface area contributed by atoms with Gasteiger partial charge in [0.05, 0.1) is 22.3 Å². The Morgan fingerprint density at radius 3 is 2.16 bits per heavy atom. The summed E-state index contributed by atoms with van der Waals surface area (Å²) in [7, 11) is 2.12. The van der Waals surface area contributed by atoms with Crippen molar-refractivity contribution in [2.24, 2.45) is 15.9 Å². The summed E-state index contributed by atoms with van der Waals surface area (Å²) in [5.74, 6) is 1.88. The van der Waals surface area contributed by atoms with Crippen molar-refractivity contribution >= 4 is 42.5 Å². The van der Waals surface area contributed by atoms with E-state index >= 15 is 0 Å². The molecule has 0 aromatic rings. The summed E-state index contributed by atoms with van der Waals surface area (Å²) < 4.78 is 12.1. The number of rotatable bonds is 4. The first kappa shape index (κ1) is 16.9. The Morgan fingerprint density at radius 1 is 1.16 bits per heavy atom. The molecule has 2 atom stereocenters. The lowest BCUT2D eigenvalue weighted by atomic mass is 10.0. The lowest BCUT2D eigenvalue weighted by Crippen LogP contribution is -2.42. The second-order valence-electron chi connectivity index (χ2n) is 6.05. The molecule has 0 N–H and O–H groups in total. The second-order valence-corrected chi connectivity index (χ2v) is 13.3. The Labute approximate surface area is 131 Å². The summed E-state index contributed by atoms with van der Waals surface area (Å²) in [6.45, 7) is 9.01. The van der Waals surface area contributed by atoms with Gasteiger partial charge in [0.15, 0.2) is 0 Å². The maximum absolute atomic E-state index is 5.47. The SMILES string of the molecule is COC1=N[C@H](C(C)C)C(OC)=N[C@H]1C[Si](C)(C)CI. The molecule has 110 valence electrons. The zero-order chi connectivity index (χ0) is 14.6. The van der Waals surface area contributed by atoms with Gasteiger partial charge in [-0.3, -0.25) is 0 Å². The summed E-state index contributed by atoms with van der Waals surface area (Å²) in [5.41, 5.74) is 0. The lowest BCUT2D eigenvalue weighted by Gasteiger charge is -2.30. The first-order valence-electron chi connectivity index (χ1n) is 6.64. The van der Waals surface area contributed by atoms with Gasteiger partial charge < -0.3 is 9.47 Å². The molecule has 0 saturated carbocycles. The minimum Gasteiger partial charge on any atom is -0.483 e. The number of alkyl halides is 1. The van der Waals surface area contributed by atoms with Gasteiger partial charge >= 0.3 is 0 Å². The zero-order valence-corrected chi connectivity index (χ0v) is 15.9. The lowest BCUT2D eigenvalue weighted by molar-refractivity contribution is 0.335. The molecular weight excluding hydrogens is 371 g/mol. The van der Waals surface area contributed by atoms with E-state index in [0.717, 1.165) is 17.8 Å². The van der Waals surface area contributed by atoms with Gasteiger partial charge in [0.2, 0.25) is 11.8 Å². The second kappa shape index (κ2) is 7.06. The van der Waals surface area contributed by atoms with Crippen LogP contribution in [0.5, 0.6) is 0 Å². The van der Waals surface area contributed by atoms with Gasteiger partial charge in [0, 0.05) is 0 Å². The highest BCUT2D eigenvalue weighted by Crippen LogP contribution is 2.24. The van der Waals surface area contributed by atoms with Crippen LogP contribution in [-0.2, 0) is 9.47 Å². The van der Waals surface area contributed by atoms with Gasteiger partial charge in [0.1, 0.15) is 12.1 Å². The molecule has 1 aliphatic rings. The third-order valence-electron chi connectivity index (χ3n) is 3.24. The molecule has 0 fully saturated rings. The van der Waals surface area contributed by atoms with Crippen LogP contribution in [0.2, 0.25) is 19.1 Å². The van der Waals surface area contributed by atoms with Crippen LogP contribution in [0.3, 0.4) is 0 Å². The minimum atomic E-state index is -1.25. The molecule has 0 aromatic heterocycles. The van der Waals surface area contributed by atoms with E-state index in [4.69, 9.17) is 19.5 Å². The number of nitrogens with zero attached hydrogens (tertiary/aromatic N) is 2. The first-order valence-corrected chi connectivity index (χ1v) is 11.6. The maximum Gasteiger partial charge on any atom is 0.209 e. The molecule has 0 unspecified atom stereocenters. The molecule has 0 aliphatic carbocycles. The predicted octanol–water partition coefficient (Wildman–Crippen LogP) is 3.17. The highest BCUT2D eigenvalue weighted by molar-refractivity contribution is 14.1. The van der Waals surface area contributed by atoms with Crippen LogP contribution < -0.4 is 0 Å². The molecule has 1 heterocycles. The van der Waals surface area contributed by atoms with Crippen molar-refractivity contribution in [3.8, 4) is 0 Å². The van der Waals surface area contributed by atoms with Crippen LogP contribution >= 0.6 is 22.6 Å². The highest BCUT2D eigenvalue weighted by Gasteiger charge is 2.34. The van der Waals surface area contributed by atoms with Crippen molar-refractivity contribution in [2.45, 2.75) is 45.1 Å². The summed E-state index contributed by atoms with van der Waals surface area (Å²) in [5, 5.41) is 0. The molecule has 1 rings (SSSR count). The molecule has 0 aromatic carbocycles. The molecule has 0 radical (unpaired) electrons. The van der Waals surface area contributed by atoms with Gasteiger partial charge in [-0.2, -0.15) is 0 Å². The van der Waals surface area contributed by atoms with E-state index in [2.05, 4.69) is 49.5 Å². The third kappa shape index (κ3) is 4.44. The fraction of sp³-hybridized carbons (Fsp3) is 0.846. The van der Waals surface area contributed by atoms with Crippen LogP contribution in [0.1, 0.15) is 13.8 Å². The normalized spacial score (nSPS) is 24.0. The molecular formula is C13H25IN2O2Si. The number of aliphatic imine (C=N–C) groups is 2. The molecule has 0 spiro atoms. The standard InChI is InChI=1S/C13H25IN2O2Si/c1-9(2)11-13(18-4)15-10(12(16-11)17-3)7-19(5,6)8-14/h9-11H,7-8H2,1-6H3/t10-,11+/m0/s1. The highest BCUT2D eigenvalue weighted by atomic mass is 127. The average Bonchev–Trinajstić information content (AvgIpc) is 2.37. The number of hydrogen-bond acceptors (Lipinski definition) is 4. The molecule has 0 amide bonds. The van der Waals surface area contributed by atoms with E-state index in [1.54, 1.807) is 14.2 Å². The topological polar surface area (TPSA) is 43.2 Å². The quantitative estimate of drug-likeness (QED) is 0.416. The minimum absolute atomic E-state index is 0.0134. The Hall–Kier alpha value is -0.113. The number of ether oxygens (including phenoxy) is 2. The molecule has 0 bridgehead atoms. The molecule has 19 heavy (non-hydrogen) atoms. The third-order valence-corrected chi connectivity index (χ3v) is 11.7. The van der Waals surface area contributed by atoms with E-state index < -0.39 is 8.07 Å². The number of methoxy groups -OCH3 is 2. The average molecular weight is 396 g/mol. The molecule has 0 saturated heterocycles. The van der Waals surface area contributed by atoms with Gasteiger partial charge in [-0.25, -0.2) is 9.98 Å². The van der Waals surface area contributed by atoms with Gasteiger partial charge in [0.25, 0.3) is 0 Å². The summed E-state index contributed by atoms with van der Waals surface area (Å²) in [6.07, 6.45) is 0. The Bertz CT molecular complexity index is 370. The van der Waals surface area contributed by atoms with E-state index in [1.165, 1.54) is 4.05 Å². The Balaban J connectivity index is 2.98. The summed E-state index contributed by atoms with van der Waals surface area (Å²) >= 11 is 2.48. The van der Waals surface area contributed by atoms with E-state index in [9.17, 15) is 0 Å². The van der Waals surface area contributed by atoms with Gasteiger partial charge in [-0.05, 0) is 16.0 Å². The van der Waals surface area contributed by atoms with Gasteiger partial charge in [-0.15, -0.1) is 0 Å². The largest absolute Gasteiger partial charge is 0.483 e. The fourth-order valence-corrected chi connectivity index (χ4v) is 4.43. The molecule has 4 nitrogen and oxygen atoms in total. The van der Waals surface area contributed by atoms with Crippen molar-refractivity contribution in [1.82, 2.24) is 0 Å². The molecule has 6 heteroatoms. The fourth-order valence-electron chi connectivity index (χ4n) is 2.07. The van der Waals surface area contributed by atoms with E-state index in [0.29, 0.717) is 5.92 Å². The Kier molecular flexibility index (Phi) is 6.29. The summed E-state index contributed by atoms with van der Waals surface area (Å²) in [6, 6.07) is 1.08. The van der Waals surface area contributed by atoms with Crippen molar-refractivity contribution in [2.75, 3.05) is 18.3 Å². The first-order chi connectivity index (χ1) is 8.84. The van der Waals surface area contributed by atoms with Gasteiger partial charge in [-0.1, -0.05) is 49.5 Å². The van der Waals surface area contributed by atoms with Crippen molar-refractivity contribution in [3.05, 3.63) is 0 Å².